The normalized spacial score (nSPS) is 14.1. The summed E-state index contributed by atoms with van der Waals surface area (Å²) in [6.07, 6.45) is 0. The molecule has 0 saturated carbocycles. The molecule has 0 radical (unpaired) electrons. The number of aromatic nitrogens is 1. The summed E-state index contributed by atoms with van der Waals surface area (Å²) in [4.78, 5) is 0.0606. The zero-order valence-electron chi connectivity index (χ0n) is 12.4. The van der Waals surface area contributed by atoms with Crippen LogP contribution in [0.1, 0.15) is 26.5 Å². The van der Waals surface area contributed by atoms with Gasteiger partial charge in [0, 0.05) is 17.5 Å². The van der Waals surface area contributed by atoms with Crippen molar-refractivity contribution < 1.29 is 22.4 Å². The van der Waals surface area contributed by atoms with Gasteiger partial charge in [-0.2, -0.15) is 0 Å². The minimum atomic E-state index is -3.79. The van der Waals surface area contributed by atoms with Gasteiger partial charge in [-0.15, -0.1) is 0 Å². The first-order valence-electron chi connectivity index (χ1n) is 6.65. The molecule has 0 spiro atoms. The van der Waals surface area contributed by atoms with Gasteiger partial charge in [0.05, 0.1) is 10.6 Å². The number of hydrogen-bond donors (Lipinski definition) is 1. The largest absolute Gasteiger partial charge is 0.454 e. The minimum Gasteiger partial charge on any atom is -0.454 e. The van der Waals surface area contributed by atoms with Crippen LogP contribution in [-0.4, -0.2) is 20.4 Å². The van der Waals surface area contributed by atoms with Crippen LogP contribution >= 0.6 is 0 Å². The molecular weight excluding hydrogens is 308 g/mol. The first-order valence-corrected chi connectivity index (χ1v) is 8.14. The van der Waals surface area contributed by atoms with E-state index in [0.717, 1.165) is 0 Å². The number of anilines is 1. The summed E-state index contributed by atoms with van der Waals surface area (Å²) in [5, 5.41) is 3.88. The van der Waals surface area contributed by atoms with Crippen molar-refractivity contribution in [2.75, 3.05) is 11.5 Å². The number of benzene rings is 1. The Morgan fingerprint density at radius 2 is 1.86 bits per heavy atom. The number of ether oxygens (including phenoxy) is 2. The average Bonchev–Trinajstić information content (AvgIpc) is 3.04. The van der Waals surface area contributed by atoms with E-state index in [1.807, 2.05) is 20.8 Å². The van der Waals surface area contributed by atoms with Crippen molar-refractivity contribution in [3.8, 4) is 11.5 Å². The van der Waals surface area contributed by atoms with Crippen molar-refractivity contribution in [2.24, 2.45) is 0 Å². The summed E-state index contributed by atoms with van der Waals surface area (Å²) in [7, 11) is -3.79. The highest BCUT2D eigenvalue weighted by Crippen LogP contribution is 2.34. The van der Waals surface area contributed by atoms with Crippen LogP contribution in [-0.2, 0) is 15.4 Å². The van der Waals surface area contributed by atoms with Crippen LogP contribution in [0, 0.1) is 0 Å². The number of fused-ring (bicyclic) bond motifs is 1. The highest BCUT2D eigenvalue weighted by molar-refractivity contribution is 7.92. The van der Waals surface area contributed by atoms with Crippen LogP contribution in [0.2, 0.25) is 0 Å². The fourth-order valence-electron chi connectivity index (χ4n) is 1.91. The SMILES string of the molecule is CC(C)(C)c1cc(NS(=O)(=O)c2ccc3c(c2)OCO3)on1. The standard InChI is InChI=1S/C14H16N2O5S/c1-14(2,3)12-7-13(21-15-12)16-22(17,18)9-4-5-10-11(6-9)20-8-19-10/h4-7,16H,8H2,1-3H3. The van der Waals surface area contributed by atoms with Gasteiger partial charge in [0.25, 0.3) is 10.0 Å². The van der Waals surface area contributed by atoms with Gasteiger partial charge in [-0.1, -0.05) is 25.9 Å². The molecule has 1 aromatic heterocycles. The number of nitrogens with zero attached hydrogens (tertiary/aromatic N) is 1. The monoisotopic (exact) mass is 324 g/mol. The molecular formula is C14H16N2O5S. The molecule has 0 fully saturated rings. The molecule has 0 amide bonds. The van der Waals surface area contributed by atoms with Gasteiger partial charge in [-0.3, -0.25) is 0 Å². The Morgan fingerprint density at radius 1 is 1.14 bits per heavy atom. The van der Waals surface area contributed by atoms with Gasteiger partial charge < -0.3 is 14.0 Å². The average molecular weight is 324 g/mol. The Bertz CT molecular complexity index is 805. The number of nitrogens with one attached hydrogen (secondary N) is 1. The molecule has 1 aliphatic heterocycles. The van der Waals surface area contributed by atoms with Gasteiger partial charge in [-0.05, 0) is 12.1 Å². The van der Waals surface area contributed by atoms with Gasteiger partial charge in [0.1, 0.15) is 0 Å². The molecule has 2 heterocycles. The summed E-state index contributed by atoms with van der Waals surface area (Å²) < 4.78 is 42.5. The maximum Gasteiger partial charge on any atom is 0.264 e. The Labute approximate surface area is 128 Å². The summed E-state index contributed by atoms with van der Waals surface area (Å²) in [5.74, 6) is 0.993. The zero-order chi connectivity index (χ0) is 16.0. The quantitative estimate of drug-likeness (QED) is 0.933. The molecule has 2 aromatic rings. The van der Waals surface area contributed by atoms with Crippen LogP contribution in [0.4, 0.5) is 5.88 Å². The third-order valence-electron chi connectivity index (χ3n) is 3.17. The van der Waals surface area contributed by atoms with E-state index in [0.29, 0.717) is 17.2 Å². The molecule has 118 valence electrons. The van der Waals surface area contributed by atoms with E-state index in [9.17, 15) is 8.42 Å². The fraction of sp³-hybridized carbons (Fsp3) is 0.357. The summed E-state index contributed by atoms with van der Waals surface area (Å²) in [5.41, 5.74) is 0.433. The summed E-state index contributed by atoms with van der Waals surface area (Å²) >= 11 is 0. The van der Waals surface area contributed by atoms with Gasteiger partial charge in [0.15, 0.2) is 11.5 Å². The van der Waals surface area contributed by atoms with E-state index in [4.69, 9.17) is 14.0 Å². The Morgan fingerprint density at radius 3 is 2.55 bits per heavy atom. The van der Waals surface area contributed by atoms with Crippen LogP contribution in [0.5, 0.6) is 11.5 Å². The molecule has 0 aliphatic carbocycles. The number of hydrogen-bond acceptors (Lipinski definition) is 6. The van der Waals surface area contributed by atoms with Crippen molar-refractivity contribution in [1.29, 1.82) is 0 Å². The maximum atomic E-state index is 12.4. The van der Waals surface area contributed by atoms with E-state index in [1.165, 1.54) is 12.1 Å². The zero-order valence-corrected chi connectivity index (χ0v) is 13.2. The lowest BCUT2D eigenvalue weighted by Crippen LogP contribution is -2.13. The topological polar surface area (TPSA) is 90.7 Å². The van der Waals surface area contributed by atoms with Crippen molar-refractivity contribution >= 4 is 15.9 Å². The second kappa shape index (κ2) is 4.91. The van der Waals surface area contributed by atoms with E-state index in [-0.39, 0.29) is 23.0 Å². The molecule has 7 nitrogen and oxygen atoms in total. The first-order chi connectivity index (χ1) is 10.3. The second-order valence-electron chi connectivity index (χ2n) is 5.95. The third kappa shape index (κ3) is 2.74. The predicted molar refractivity (Wildman–Crippen MR) is 78.6 cm³/mol. The molecule has 8 heteroatoms. The van der Waals surface area contributed by atoms with Gasteiger partial charge >= 0.3 is 0 Å². The number of rotatable bonds is 3. The Balaban J connectivity index is 1.86. The van der Waals surface area contributed by atoms with E-state index >= 15 is 0 Å². The van der Waals surface area contributed by atoms with Crippen LogP contribution < -0.4 is 14.2 Å². The van der Waals surface area contributed by atoms with Crippen LogP contribution in [0.15, 0.2) is 33.7 Å². The molecule has 1 aromatic carbocycles. The minimum absolute atomic E-state index is 0.0606. The molecule has 1 aliphatic rings. The molecule has 3 rings (SSSR count). The predicted octanol–water partition coefficient (Wildman–Crippen LogP) is 2.50. The molecule has 0 saturated heterocycles. The highest BCUT2D eigenvalue weighted by atomic mass is 32.2. The smallest absolute Gasteiger partial charge is 0.264 e. The second-order valence-corrected chi connectivity index (χ2v) is 7.63. The first kappa shape index (κ1) is 14.7. The third-order valence-corrected chi connectivity index (χ3v) is 4.51. The molecule has 0 bridgehead atoms. The van der Waals surface area contributed by atoms with E-state index in [1.54, 1.807) is 12.1 Å². The highest BCUT2D eigenvalue weighted by Gasteiger charge is 2.24. The van der Waals surface area contributed by atoms with Crippen LogP contribution in [0.3, 0.4) is 0 Å². The van der Waals surface area contributed by atoms with Crippen molar-refractivity contribution in [2.45, 2.75) is 31.1 Å². The number of sulfonamides is 1. The lowest BCUT2D eigenvalue weighted by molar-refractivity contribution is 0.174. The fourth-order valence-corrected chi connectivity index (χ4v) is 2.90. The lowest BCUT2D eigenvalue weighted by atomic mass is 9.92. The van der Waals surface area contributed by atoms with E-state index in [2.05, 4.69) is 9.88 Å². The molecule has 0 atom stereocenters. The molecule has 22 heavy (non-hydrogen) atoms. The van der Waals surface area contributed by atoms with Crippen molar-refractivity contribution in [3.05, 3.63) is 30.0 Å². The summed E-state index contributed by atoms with van der Waals surface area (Å²) in [6.45, 7) is 5.96. The Hall–Kier alpha value is -2.22. The Kier molecular flexibility index (Phi) is 3.28. The van der Waals surface area contributed by atoms with Gasteiger partial charge in [-0.25, -0.2) is 13.1 Å². The lowest BCUT2D eigenvalue weighted by Gasteiger charge is -2.12. The maximum absolute atomic E-state index is 12.4. The van der Waals surface area contributed by atoms with Gasteiger partial charge in [0.2, 0.25) is 12.7 Å². The molecule has 0 unspecified atom stereocenters. The van der Waals surface area contributed by atoms with E-state index < -0.39 is 10.0 Å². The summed E-state index contributed by atoms with van der Waals surface area (Å²) in [6, 6.07) is 5.98. The van der Waals surface area contributed by atoms with Crippen LogP contribution in [0.25, 0.3) is 0 Å². The molecule has 1 N–H and O–H groups in total. The van der Waals surface area contributed by atoms with Crippen molar-refractivity contribution in [1.82, 2.24) is 5.16 Å². The van der Waals surface area contributed by atoms with Crippen molar-refractivity contribution in [3.63, 3.8) is 0 Å².